The summed E-state index contributed by atoms with van der Waals surface area (Å²) >= 11 is 0. The van der Waals surface area contributed by atoms with Crippen LogP contribution in [0.3, 0.4) is 0 Å². The molecule has 0 aliphatic heterocycles. The van der Waals surface area contributed by atoms with Crippen molar-refractivity contribution in [2.45, 2.75) is 26.2 Å². The van der Waals surface area contributed by atoms with Crippen LogP contribution in [0, 0.1) is 0 Å². The summed E-state index contributed by atoms with van der Waals surface area (Å²) in [5, 5.41) is 0. The minimum absolute atomic E-state index is 0.160. The van der Waals surface area contributed by atoms with Crippen molar-refractivity contribution >= 4 is 17.5 Å². The molecule has 4 heteroatoms. The van der Waals surface area contributed by atoms with Crippen molar-refractivity contribution in [3.8, 4) is 0 Å². The zero-order valence-corrected chi connectivity index (χ0v) is 10.1. The lowest BCUT2D eigenvalue weighted by atomic mass is 10.2. The number of unbranched alkanes of at least 4 members (excludes halogenated alkanes) is 1. The van der Waals surface area contributed by atoms with Crippen molar-refractivity contribution in [1.82, 2.24) is 0 Å². The molecule has 0 unspecified atom stereocenters. The molecule has 0 fully saturated rings. The Morgan fingerprint density at radius 1 is 1.18 bits per heavy atom. The van der Waals surface area contributed by atoms with Crippen LogP contribution >= 0.6 is 0 Å². The number of rotatable bonds is 5. The van der Waals surface area contributed by atoms with Crippen LogP contribution in [0.25, 0.3) is 0 Å². The zero-order chi connectivity index (χ0) is 12.7. The standard InChI is InChI=1S/C13H18N2O2/c1-2-3-9-12(16)15(13(17)10-14)11-7-5-4-6-8-11/h4-8H,2-3,9-10,14H2,1H3. The van der Waals surface area contributed by atoms with Gasteiger partial charge in [-0.1, -0.05) is 31.5 Å². The summed E-state index contributed by atoms with van der Waals surface area (Å²) in [4.78, 5) is 24.8. The first-order chi connectivity index (χ1) is 8.20. The largest absolute Gasteiger partial charge is 0.322 e. The number of amides is 2. The molecule has 0 atom stereocenters. The Bertz CT molecular complexity index is 376. The van der Waals surface area contributed by atoms with Gasteiger partial charge in [-0.2, -0.15) is 0 Å². The Kier molecular flexibility index (Phi) is 5.36. The molecule has 0 spiro atoms. The second-order valence-electron chi connectivity index (χ2n) is 3.77. The van der Waals surface area contributed by atoms with Gasteiger partial charge in [0.25, 0.3) is 0 Å². The molecular formula is C13H18N2O2. The highest BCUT2D eigenvalue weighted by molar-refractivity contribution is 6.15. The van der Waals surface area contributed by atoms with E-state index >= 15 is 0 Å². The smallest absolute Gasteiger partial charge is 0.247 e. The van der Waals surface area contributed by atoms with Gasteiger partial charge in [-0.05, 0) is 18.6 Å². The number of imide groups is 1. The number of anilines is 1. The lowest BCUT2D eigenvalue weighted by Gasteiger charge is -2.20. The topological polar surface area (TPSA) is 63.4 Å². The van der Waals surface area contributed by atoms with E-state index in [2.05, 4.69) is 0 Å². The molecule has 0 aliphatic rings. The zero-order valence-electron chi connectivity index (χ0n) is 10.1. The maximum absolute atomic E-state index is 12.0. The summed E-state index contributed by atoms with van der Waals surface area (Å²) in [6.07, 6.45) is 2.07. The van der Waals surface area contributed by atoms with Crippen molar-refractivity contribution in [2.75, 3.05) is 11.4 Å². The molecule has 17 heavy (non-hydrogen) atoms. The monoisotopic (exact) mass is 234 g/mol. The predicted molar refractivity (Wildman–Crippen MR) is 67.5 cm³/mol. The van der Waals surface area contributed by atoms with E-state index < -0.39 is 0 Å². The van der Waals surface area contributed by atoms with Crippen molar-refractivity contribution in [2.24, 2.45) is 5.73 Å². The fourth-order valence-electron chi connectivity index (χ4n) is 1.54. The van der Waals surface area contributed by atoms with E-state index in [9.17, 15) is 9.59 Å². The highest BCUT2D eigenvalue weighted by Gasteiger charge is 2.21. The molecular weight excluding hydrogens is 216 g/mol. The first kappa shape index (κ1) is 13.4. The van der Waals surface area contributed by atoms with Crippen LogP contribution in [0.1, 0.15) is 26.2 Å². The van der Waals surface area contributed by atoms with Crippen LogP contribution < -0.4 is 10.6 Å². The van der Waals surface area contributed by atoms with Gasteiger partial charge in [0.15, 0.2) is 0 Å². The first-order valence-corrected chi connectivity index (χ1v) is 5.81. The molecule has 4 nitrogen and oxygen atoms in total. The fourth-order valence-corrected chi connectivity index (χ4v) is 1.54. The average molecular weight is 234 g/mol. The molecule has 1 rings (SSSR count). The second kappa shape index (κ2) is 6.81. The third-order valence-electron chi connectivity index (χ3n) is 2.43. The number of benzene rings is 1. The van der Waals surface area contributed by atoms with Crippen LogP contribution in [0.4, 0.5) is 5.69 Å². The molecule has 0 heterocycles. The van der Waals surface area contributed by atoms with Crippen molar-refractivity contribution in [3.63, 3.8) is 0 Å². The highest BCUT2D eigenvalue weighted by atomic mass is 16.2. The third-order valence-corrected chi connectivity index (χ3v) is 2.43. The molecule has 0 saturated heterocycles. The van der Waals surface area contributed by atoms with Gasteiger partial charge in [-0.25, -0.2) is 4.90 Å². The summed E-state index contributed by atoms with van der Waals surface area (Å²) in [6.45, 7) is 1.84. The average Bonchev–Trinajstić information content (AvgIpc) is 2.37. The summed E-state index contributed by atoms with van der Waals surface area (Å²) < 4.78 is 0. The summed E-state index contributed by atoms with van der Waals surface area (Å²) in [5.74, 6) is -0.550. The maximum atomic E-state index is 12.0. The molecule has 0 bridgehead atoms. The summed E-state index contributed by atoms with van der Waals surface area (Å²) in [6, 6.07) is 8.89. The van der Waals surface area contributed by atoms with Gasteiger partial charge < -0.3 is 5.73 Å². The van der Waals surface area contributed by atoms with Crippen LogP contribution in [-0.2, 0) is 9.59 Å². The van der Waals surface area contributed by atoms with Crippen LogP contribution in [0.2, 0.25) is 0 Å². The van der Waals surface area contributed by atoms with Gasteiger partial charge in [-0.15, -0.1) is 0 Å². The van der Waals surface area contributed by atoms with E-state index in [4.69, 9.17) is 5.73 Å². The summed E-state index contributed by atoms with van der Waals surface area (Å²) in [7, 11) is 0. The molecule has 0 radical (unpaired) electrons. The number of nitrogens with two attached hydrogens (primary N) is 1. The Labute approximate surface area is 101 Å². The van der Waals surface area contributed by atoms with Gasteiger partial charge >= 0.3 is 0 Å². The first-order valence-electron chi connectivity index (χ1n) is 5.81. The highest BCUT2D eigenvalue weighted by Crippen LogP contribution is 2.15. The Balaban J connectivity index is 2.89. The van der Waals surface area contributed by atoms with Crippen LogP contribution in [-0.4, -0.2) is 18.4 Å². The number of para-hydroxylation sites is 1. The maximum Gasteiger partial charge on any atom is 0.247 e. The Hall–Kier alpha value is -1.68. The molecule has 2 amide bonds. The van der Waals surface area contributed by atoms with E-state index in [1.807, 2.05) is 13.0 Å². The third kappa shape index (κ3) is 3.67. The Morgan fingerprint density at radius 3 is 2.35 bits per heavy atom. The number of hydrogen-bond acceptors (Lipinski definition) is 3. The quantitative estimate of drug-likeness (QED) is 0.843. The SMILES string of the molecule is CCCCC(=O)N(C(=O)CN)c1ccccc1. The van der Waals surface area contributed by atoms with Crippen molar-refractivity contribution in [1.29, 1.82) is 0 Å². The van der Waals surface area contributed by atoms with E-state index in [0.717, 1.165) is 12.8 Å². The predicted octanol–water partition coefficient (Wildman–Crippen LogP) is 1.70. The van der Waals surface area contributed by atoms with Gasteiger partial charge in [0.2, 0.25) is 11.8 Å². The number of nitrogens with zero attached hydrogens (tertiary/aromatic N) is 1. The van der Waals surface area contributed by atoms with Gasteiger partial charge in [0, 0.05) is 6.42 Å². The second-order valence-corrected chi connectivity index (χ2v) is 3.77. The molecule has 2 N–H and O–H groups in total. The van der Waals surface area contributed by atoms with Gasteiger partial charge in [0.1, 0.15) is 0 Å². The Morgan fingerprint density at radius 2 is 1.82 bits per heavy atom. The van der Waals surface area contributed by atoms with Gasteiger partial charge in [0.05, 0.1) is 12.2 Å². The van der Waals surface area contributed by atoms with Gasteiger partial charge in [-0.3, -0.25) is 9.59 Å². The molecule has 0 aliphatic carbocycles. The lowest BCUT2D eigenvalue weighted by molar-refractivity contribution is -0.125. The number of carbonyl (C=O) groups is 2. The molecule has 1 aromatic carbocycles. The van der Waals surface area contributed by atoms with Crippen molar-refractivity contribution < 1.29 is 9.59 Å². The molecule has 0 aromatic heterocycles. The van der Waals surface area contributed by atoms with Crippen molar-refractivity contribution in [3.05, 3.63) is 30.3 Å². The van der Waals surface area contributed by atoms with Crippen LogP contribution in [0.15, 0.2) is 30.3 Å². The number of carbonyl (C=O) groups excluding carboxylic acids is 2. The number of hydrogen-bond donors (Lipinski definition) is 1. The fraction of sp³-hybridized carbons (Fsp3) is 0.385. The van der Waals surface area contributed by atoms with E-state index in [1.54, 1.807) is 24.3 Å². The van der Waals surface area contributed by atoms with E-state index in [-0.39, 0.29) is 18.4 Å². The molecule has 92 valence electrons. The lowest BCUT2D eigenvalue weighted by Crippen LogP contribution is -2.40. The van der Waals surface area contributed by atoms with Crippen LogP contribution in [0.5, 0.6) is 0 Å². The molecule has 1 aromatic rings. The minimum Gasteiger partial charge on any atom is -0.322 e. The van der Waals surface area contributed by atoms with E-state index in [1.165, 1.54) is 4.90 Å². The molecule has 0 saturated carbocycles. The summed E-state index contributed by atoms with van der Waals surface area (Å²) in [5.41, 5.74) is 5.92. The minimum atomic E-state index is -0.364. The normalized spacial score (nSPS) is 10.0. The van der Waals surface area contributed by atoms with E-state index in [0.29, 0.717) is 12.1 Å².